The highest BCUT2D eigenvalue weighted by Gasteiger charge is 2.30. The third kappa shape index (κ3) is 2.53. The van der Waals surface area contributed by atoms with E-state index in [9.17, 15) is 14.7 Å². The number of hydrogen-bond acceptors (Lipinski definition) is 4. The zero-order valence-corrected chi connectivity index (χ0v) is 10.2. The molecule has 1 amide bonds. The van der Waals surface area contributed by atoms with Crippen LogP contribution in [0.4, 0.5) is 5.69 Å². The van der Waals surface area contributed by atoms with Crippen molar-refractivity contribution in [2.24, 2.45) is 0 Å². The number of amides is 1. The van der Waals surface area contributed by atoms with Crippen molar-refractivity contribution in [1.29, 1.82) is 0 Å². The first kappa shape index (κ1) is 12.0. The van der Waals surface area contributed by atoms with Crippen LogP contribution in [-0.2, 0) is 9.59 Å². The van der Waals surface area contributed by atoms with Gasteiger partial charge >= 0.3 is 5.97 Å². The number of rotatable bonds is 4. The molecule has 0 saturated heterocycles. The van der Waals surface area contributed by atoms with Crippen molar-refractivity contribution in [3.05, 3.63) is 23.8 Å². The minimum atomic E-state index is -0.921. The van der Waals surface area contributed by atoms with Crippen LogP contribution in [0.1, 0.15) is 24.4 Å². The fourth-order valence-electron chi connectivity index (χ4n) is 2.08. The van der Waals surface area contributed by atoms with Gasteiger partial charge < -0.3 is 15.2 Å². The van der Waals surface area contributed by atoms with Crippen LogP contribution >= 0.6 is 0 Å². The van der Waals surface area contributed by atoms with Gasteiger partial charge in [-0.05, 0) is 30.5 Å². The molecular formula is C13H14N2O4. The average molecular weight is 262 g/mol. The second-order valence-electron chi connectivity index (χ2n) is 4.80. The number of benzene rings is 1. The van der Waals surface area contributed by atoms with E-state index in [1.54, 1.807) is 18.2 Å². The van der Waals surface area contributed by atoms with Gasteiger partial charge in [-0.3, -0.25) is 14.9 Å². The van der Waals surface area contributed by atoms with E-state index in [0.29, 0.717) is 17.0 Å². The molecule has 0 radical (unpaired) electrons. The number of fused-ring (bicyclic) bond motifs is 1. The normalized spacial score (nSPS) is 19.1. The third-order valence-electron chi connectivity index (χ3n) is 3.20. The summed E-state index contributed by atoms with van der Waals surface area (Å²) in [4.78, 5) is 22.6. The molecule has 0 aromatic heterocycles. The number of carboxylic acid groups (broad SMARTS) is 1. The molecule has 1 unspecified atom stereocenters. The summed E-state index contributed by atoms with van der Waals surface area (Å²) in [5.41, 5.74) is 1.14. The first-order chi connectivity index (χ1) is 9.13. The van der Waals surface area contributed by atoms with Crippen molar-refractivity contribution in [2.75, 3.05) is 11.9 Å². The van der Waals surface area contributed by atoms with Gasteiger partial charge in [-0.2, -0.15) is 0 Å². The molecule has 1 fully saturated rings. The fraction of sp³-hybridized carbons (Fsp3) is 0.385. The van der Waals surface area contributed by atoms with Gasteiger partial charge in [0.15, 0.2) is 6.61 Å². The largest absolute Gasteiger partial charge is 0.482 e. The van der Waals surface area contributed by atoms with Crippen LogP contribution < -0.4 is 15.4 Å². The summed E-state index contributed by atoms with van der Waals surface area (Å²) in [6.07, 6.45) is 2.02. The smallest absolute Gasteiger partial charge is 0.325 e. The van der Waals surface area contributed by atoms with Crippen LogP contribution in [0.15, 0.2) is 18.2 Å². The van der Waals surface area contributed by atoms with E-state index in [0.717, 1.165) is 12.8 Å². The number of hydrogen-bond donors (Lipinski definition) is 3. The predicted octanol–water partition coefficient (Wildman–Crippen LogP) is 0.895. The lowest BCUT2D eigenvalue weighted by molar-refractivity contribution is -0.139. The van der Waals surface area contributed by atoms with E-state index in [1.165, 1.54) is 0 Å². The standard InChI is InChI=1S/C13H14N2O4/c16-11-6-19-10-4-1-7(5-9(10)15-11)12(13(17)18)14-8-2-3-8/h1,4-5,8,12,14H,2-3,6H2,(H,15,16)(H,17,18). The first-order valence-electron chi connectivity index (χ1n) is 6.19. The Hall–Kier alpha value is -2.08. The van der Waals surface area contributed by atoms with E-state index in [4.69, 9.17) is 4.74 Å². The number of anilines is 1. The molecule has 0 bridgehead atoms. The molecule has 3 rings (SSSR count). The molecule has 0 spiro atoms. The van der Waals surface area contributed by atoms with Crippen molar-refractivity contribution in [2.45, 2.75) is 24.9 Å². The zero-order valence-electron chi connectivity index (χ0n) is 10.2. The molecule has 1 aliphatic carbocycles. The Morgan fingerprint density at radius 3 is 2.95 bits per heavy atom. The highest BCUT2D eigenvalue weighted by atomic mass is 16.5. The minimum Gasteiger partial charge on any atom is -0.482 e. The Balaban J connectivity index is 1.88. The Morgan fingerprint density at radius 2 is 2.26 bits per heavy atom. The van der Waals surface area contributed by atoms with E-state index >= 15 is 0 Å². The van der Waals surface area contributed by atoms with Gasteiger partial charge in [-0.15, -0.1) is 0 Å². The molecule has 2 aliphatic rings. The molecule has 6 nitrogen and oxygen atoms in total. The third-order valence-corrected chi connectivity index (χ3v) is 3.20. The summed E-state index contributed by atoms with van der Waals surface area (Å²) in [6, 6.07) is 4.58. The quantitative estimate of drug-likeness (QED) is 0.750. The maximum Gasteiger partial charge on any atom is 0.325 e. The van der Waals surface area contributed by atoms with Gasteiger partial charge in [0.25, 0.3) is 5.91 Å². The molecule has 1 heterocycles. The van der Waals surface area contributed by atoms with Gasteiger partial charge in [-0.1, -0.05) is 6.07 Å². The van der Waals surface area contributed by atoms with Gasteiger partial charge in [0.2, 0.25) is 0 Å². The van der Waals surface area contributed by atoms with Crippen molar-refractivity contribution >= 4 is 17.6 Å². The maximum absolute atomic E-state index is 11.3. The van der Waals surface area contributed by atoms with E-state index in [1.807, 2.05) is 0 Å². The number of carbonyl (C=O) groups excluding carboxylic acids is 1. The summed E-state index contributed by atoms with van der Waals surface area (Å²) in [5, 5.41) is 15.0. The Bertz CT molecular complexity index is 539. The fourth-order valence-corrected chi connectivity index (χ4v) is 2.08. The van der Waals surface area contributed by atoms with Crippen molar-refractivity contribution < 1.29 is 19.4 Å². The summed E-state index contributed by atoms with van der Waals surface area (Å²) in [5.74, 6) is -0.583. The van der Waals surface area contributed by atoms with Gasteiger partial charge in [0.05, 0.1) is 5.69 Å². The summed E-state index contributed by atoms with van der Waals surface area (Å²) in [7, 11) is 0. The topological polar surface area (TPSA) is 87.7 Å². The zero-order chi connectivity index (χ0) is 13.4. The van der Waals surface area contributed by atoms with E-state index in [2.05, 4.69) is 10.6 Å². The van der Waals surface area contributed by atoms with Gasteiger partial charge in [-0.25, -0.2) is 0 Å². The second-order valence-corrected chi connectivity index (χ2v) is 4.80. The Kier molecular flexibility index (Phi) is 2.87. The predicted molar refractivity (Wildman–Crippen MR) is 67.1 cm³/mol. The van der Waals surface area contributed by atoms with Crippen LogP contribution in [0.25, 0.3) is 0 Å². The molecule has 1 aromatic carbocycles. The lowest BCUT2D eigenvalue weighted by Gasteiger charge is -2.21. The van der Waals surface area contributed by atoms with Crippen LogP contribution in [0, 0.1) is 0 Å². The van der Waals surface area contributed by atoms with Crippen molar-refractivity contribution in [3.8, 4) is 5.75 Å². The highest BCUT2D eigenvalue weighted by Crippen LogP contribution is 2.32. The summed E-state index contributed by atoms with van der Waals surface area (Å²) >= 11 is 0. The number of nitrogens with one attached hydrogen (secondary N) is 2. The Labute approximate surface area is 109 Å². The van der Waals surface area contributed by atoms with Crippen LogP contribution in [0.3, 0.4) is 0 Å². The lowest BCUT2D eigenvalue weighted by atomic mass is 10.0. The number of aliphatic carboxylic acids is 1. The number of carbonyl (C=O) groups is 2. The number of carboxylic acids is 1. The SMILES string of the molecule is O=C1COc2ccc(C(NC3CC3)C(=O)O)cc2N1. The molecular weight excluding hydrogens is 248 g/mol. The Morgan fingerprint density at radius 1 is 1.47 bits per heavy atom. The lowest BCUT2D eigenvalue weighted by Crippen LogP contribution is -2.31. The van der Waals surface area contributed by atoms with E-state index in [-0.39, 0.29) is 18.6 Å². The van der Waals surface area contributed by atoms with Crippen LogP contribution in [0.2, 0.25) is 0 Å². The van der Waals surface area contributed by atoms with Gasteiger partial charge in [0, 0.05) is 6.04 Å². The molecule has 19 heavy (non-hydrogen) atoms. The van der Waals surface area contributed by atoms with Crippen molar-refractivity contribution in [1.82, 2.24) is 5.32 Å². The van der Waals surface area contributed by atoms with Gasteiger partial charge in [0.1, 0.15) is 11.8 Å². The van der Waals surface area contributed by atoms with Crippen LogP contribution in [-0.4, -0.2) is 29.6 Å². The molecule has 100 valence electrons. The molecule has 6 heteroatoms. The summed E-state index contributed by atoms with van der Waals surface area (Å²) < 4.78 is 5.24. The molecule has 1 aromatic rings. The maximum atomic E-state index is 11.3. The van der Waals surface area contributed by atoms with Crippen LogP contribution in [0.5, 0.6) is 5.75 Å². The molecule has 1 atom stereocenters. The first-order valence-corrected chi connectivity index (χ1v) is 6.19. The minimum absolute atomic E-state index is 0.00493. The average Bonchev–Trinajstić information content (AvgIpc) is 3.18. The second kappa shape index (κ2) is 4.55. The number of ether oxygens (including phenoxy) is 1. The molecule has 1 saturated carbocycles. The molecule has 1 aliphatic heterocycles. The van der Waals surface area contributed by atoms with E-state index < -0.39 is 12.0 Å². The molecule has 3 N–H and O–H groups in total. The monoisotopic (exact) mass is 262 g/mol. The highest BCUT2D eigenvalue weighted by molar-refractivity contribution is 5.95. The summed E-state index contributed by atoms with van der Waals surface area (Å²) in [6.45, 7) is -0.00493. The van der Waals surface area contributed by atoms with Crippen molar-refractivity contribution in [3.63, 3.8) is 0 Å².